The van der Waals surface area contributed by atoms with Gasteiger partial charge in [0.1, 0.15) is 24.7 Å². The molecule has 302 valence electrons. The molecular formula is C48H48N4O6S. The summed E-state index contributed by atoms with van der Waals surface area (Å²) >= 11 is 4.68. The molecule has 4 aliphatic rings. The summed E-state index contributed by atoms with van der Waals surface area (Å²) in [4.78, 5) is 41.4. The van der Waals surface area contributed by atoms with Crippen molar-refractivity contribution in [2.75, 3.05) is 23.5 Å². The summed E-state index contributed by atoms with van der Waals surface area (Å²) in [6.45, 7) is 6.97. The van der Waals surface area contributed by atoms with Crippen molar-refractivity contribution in [3.05, 3.63) is 130 Å². The highest BCUT2D eigenvalue weighted by atomic mass is 32.1. The molecule has 11 heteroatoms. The zero-order chi connectivity index (χ0) is 40.8. The number of fused-ring (bicyclic) bond motifs is 8. The van der Waals surface area contributed by atoms with E-state index in [2.05, 4.69) is 44.7 Å². The molecule has 0 saturated heterocycles. The molecule has 1 unspecified atom stereocenters. The largest absolute Gasteiger partial charge is 0.493 e. The highest BCUT2D eigenvalue weighted by molar-refractivity contribution is 7.81. The van der Waals surface area contributed by atoms with Gasteiger partial charge in [-0.1, -0.05) is 50.2 Å². The predicted octanol–water partition coefficient (Wildman–Crippen LogP) is 9.23. The van der Waals surface area contributed by atoms with Gasteiger partial charge in [-0.05, 0) is 91.6 Å². The second-order valence-corrected chi connectivity index (χ2v) is 17.7. The highest BCUT2D eigenvalue weighted by Crippen LogP contribution is 2.42. The van der Waals surface area contributed by atoms with Gasteiger partial charge in [0.15, 0.2) is 11.5 Å². The van der Waals surface area contributed by atoms with Crippen molar-refractivity contribution in [1.29, 1.82) is 0 Å². The highest BCUT2D eigenvalue weighted by Gasteiger charge is 2.38. The molecule has 0 spiro atoms. The molecule has 59 heavy (non-hydrogen) atoms. The standard InChI is InChI=1S/C48H48N4O6S/c1-29-18-38-30(14-15-35-19-31-10-5-7-12-41(31)51(35)46(38)53)21-43(29)57-27-33-22-37(56-17-9-16-48(2,3)59)23-34(50-33)28-58-45-25-40-39(24-44(45)55-4)47(54)52-36(26-49-40)20-32-11-6-8-13-42(32)52/h5-8,10-13,18,21-26,35-36,59H,9,14-17,19-20,27-28H2,1-4H3/t35?,36-/m0/s1. The first-order chi connectivity index (χ1) is 28.5. The summed E-state index contributed by atoms with van der Waals surface area (Å²) in [5.41, 5.74) is 9.17. The van der Waals surface area contributed by atoms with Crippen LogP contribution in [0.4, 0.5) is 17.1 Å². The lowest BCUT2D eigenvalue weighted by molar-refractivity contribution is 0.0975. The van der Waals surface area contributed by atoms with Gasteiger partial charge in [0.05, 0.1) is 42.4 Å². The number of ether oxygens (including phenoxy) is 4. The first-order valence-corrected chi connectivity index (χ1v) is 20.8. The summed E-state index contributed by atoms with van der Waals surface area (Å²) in [7, 11) is 1.56. The summed E-state index contributed by atoms with van der Waals surface area (Å²) < 4.78 is 24.8. The smallest absolute Gasteiger partial charge is 0.261 e. The van der Waals surface area contributed by atoms with E-state index in [9.17, 15) is 9.59 Å². The number of thiol groups is 1. The van der Waals surface area contributed by atoms with Crippen LogP contribution in [0.25, 0.3) is 0 Å². The lowest BCUT2D eigenvalue weighted by Gasteiger charge is -2.23. The Bertz CT molecular complexity index is 2490. The van der Waals surface area contributed by atoms with E-state index in [1.54, 1.807) is 19.2 Å². The van der Waals surface area contributed by atoms with Crippen LogP contribution < -0.4 is 28.7 Å². The van der Waals surface area contributed by atoms with Gasteiger partial charge in [0, 0.05) is 58.6 Å². The van der Waals surface area contributed by atoms with Crippen LogP contribution in [0.15, 0.2) is 89.9 Å². The molecule has 10 nitrogen and oxygen atoms in total. The van der Waals surface area contributed by atoms with Crippen molar-refractivity contribution in [3.8, 4) is 23.0 Å². The molecule has 0 N–H and O–H groups in total. The summed E-state index contributed by atoms with van der Waals surface area (Å²) in [5.74, 6) is 2.16. The number of benzene rings is 4. The molecular weight excluding hydrogens is 761 g/mol. The SMILES string of the molecule is COc1cc2c(cc1OCc1cc(OCCCC(C)(C)S)cc(COc3cc4c(cc3C)C(=O)N3c5ccccc5CC3CC4)n1)N=C[C@@H]1Cc3ccccc3N1C2=O. The summed E-state index contributed by atoms with van der Waals surface area (Å²) in [5, 5.41) is 0. The van der Waals surface area contributed by atoms with Crippen LogP contribution in [0.3, 0.4) is 0 Å². The summed E-state index contributed by atoms with van der Waals surface area (Å²) in [6, 6.07) is 27.4. The van der Waals surface area contributed by atoms with Gasteiger partial charge in [-0.2, -0.15) is 12.6 Å². The molecule has 4 aliphatic heterocycles. The van der Waals surface area contributed by atoms with Crippen molar-refractivity contribution < 1.29 is 28.5 Å². The lowest BCUT2D eigenvalue weighted by Crippen LogP contribution is -2.37. The normalized spacial score (nSPS) is 17.6. The van der Waals surface area contributed by atoms with E-state index in [1.807, 2.05) is 77.5 Å². The number of carbonyl (C=O) groups excluding carboxylic acids is 2. The number of para-hydroxylation sites is 2. The molecule has 5 heterocycles. The van der Waals surface area contributed by atoms with E-state index in [-0.39, 0.29) is 41.9 Å². The second-order valence-electron chi connectivity index (χ2n) is 16.5. The number of anilines is 2. The fraction of sp³-hybridized carbons (Fsp3) is 0.333. The number of aryl methyl sites for hydroxylation is 2. The minimum atomic E-state index is -0.165. The Labute approximate surface area is 350 Å². The maximum absolute atomic E-state index is 14.0. The van der Waals surface area contributed by atoms with Gasteiger partial charge >= 0.3 is 0 Å². The molecule has 9 rings (SSSR count). The molecule has 2 atom stereocenters. The molecule has 0 aliphatic carbocycles. The number of aromatic nitrogens is 1. The van der Waals surface area contributed by atoms with Crippen molar-refractivity contribution >= 4 is 47.7 Å². The molecule has 2 amide bonds. The molecule has 0 saturated carbocycles. The Morgan fingerprint density at radius 1 is 0.763 bits per heavy atom. The Kier molecular flexibility index (Phi) is 10.3. The first-order valence-electron chi connectivity index (χ1n) is 20.4. The monoisotopic (exact) mass is 808 g/mol. The molecule has 4 aromatic carbocycles. The predicted molar refractivity (Wildman–Crippen MR) is 233 cm³/mol. The maximum atomic E-state index is 14.0. The van der Waals surface area contributed by atoms with Gasteiger partial charge in [-0.3, -0.25) is 24.5 Å². The van der Waals surface area contributed by atoms with Crippen LogP contribution in [0, 0.1) is 6.92 Å². The maximum Gasteiger partial charge on any atom is 0.261 e. The van der Waals surface area contributed by atoms with Crippen LogP contribution >= 0.6 is 12.6 Å². The molecule has 0 fully saturated rings. The third-order valence-electron chi connectivity index (χ3n) is 11.7. The number of methoxy groups -OCH3 is 1. The Hall–Kier alpha value is -5.81. The number of pyridine rings is 1. The van der Waals surface area contributed by atoms with Crippen LogP contribution in [0.2, 0.25) is 0 Å². The van der Waals surface area contributed by atoms with E-state index in [0.717, 1.165) is 71.5 Å². The minimum Gasteiger partial charge on any atom is -0.493 e. The van der Waals surface area contributed by atoms with Crippen molar-refractivity contribution in [1.82, 2.24) is 4.98 Å². The minimum absolute atomic E-state index is 0.0511. The fourth-order valence-corrected chi connectivity index (χ4v) is 8.91. The number of amides is 2. The Morgan fingerprint density at radius 2 is 1.44 bits per heavy atom. The van der Waals surface area contributed by atoms with E-state index in [4.69, 9.17) is 28.9 Å². The van der Waals surface area contributed by atoms with Crippen molar-refractivity contribution in [2.24, 2.45) is 4.99 Å². The molecule has 5 aromatic rings. The van der Waals surface area contributed by atoms with E-state index < -0.39 is 0 Å². The Morgan fingerprint density at radius 3 is 2.17 bits per heavy atom. The zero-order valence-corrected chi connectivity index (χ0v) is 34.8. The van der Waals surface area contributed by atoms with Crippen LogP contribution in [-0.2, 0) is 32.5 Å². The van der Waals surface area contributed by atoms with Crippen LogP contribution in [0.1, 0.15) is 87.5 Å². The Balaban J connectivity index is 0.945. The van der Waals surface area contributed by atoms with Crippen molar-refractivity contribution in [2.45, 2.75) is 89.3 Å². The number of nitrogens with zero attached hydrogens (tertiary/aromatic N) is 4. The molecule has 1 aromatic heterocycles. The second kappa shape index (κ2) is 15.7. The third-order valence-corrected chi connectivity index (χ3v) is 11.9. The van der Waals surface area contributed by atoms with Gasteiger partial charge in [0.2, 0.25) is 0 Å². The number of hydrogen-bond acceptors (Lipinski definition) is 9. The lowest BCUT2D eigenvalue weighted by atomic mass is 9.98. The number of carbonyl (C=O) groups is 2. The molecule has 0 bridgehead atoms. The number of aliphatic imine (C=N–C) groups is 1. The van der Waals surface area contributed by atoms with Crippen molar-refractivity contribution in [3.63, 3.8) is 0 Å². The average molecular weight is 809 g/mol. The van der Waals surface area contributed by atoms with Gasteiger partial charge in [-0.25, -0.2) is 0 Å². The topological polar surface area (TPSA) is 103 Å². The summed E-state index contributed by atoms with van der Waals surface area (Å²) in [6.07, 6.45) is 6.84. The number of hydrogen-bond donors (Lipinski definition) is 1. The molecule has 0 radical (unpaired) electrons. The van der Waals surface area contributed by atoms with E-state index in [1.165, 1.54) is 5.56 Å². The number of rotatable bonds is 12. The van der Waals surface area contributed by atoms with Crippen LogP contribution in [0.5, 0.6) is 23.0 Å². The van der Waals surface area contributed by atoms with Gasteiger partial charge in [-0.15, -0.1) is 0 Å². The quantitative estimate of drug-likeness (QED) is 0.0991. The average Bonchev–Trinajstić information content (AvgIpc) is 3.72. The zero-order valence-electron chi connectivity index (χ0n) is 33.9. The first kappa shape index (κ1) is 38.7. The van der Waals surface area contributed by atoms with E-state index in [0.29, 0.717) is 52.9 Å². The third kappa shape index (κ3) is 7.76. The van der Waals surface area contributed by atoms with Gasteiger partial charge in [0.25, 0.3) is 11.8 Å². The van der Waals surface area contributed by atoms with Crippen LogP contribution in [-0.4, -0.2) is 53.6 Å². The van der Waals surface area contributed by atoms with Gasteiger partial charge < -0.3 is 23.8 Å². The fourth-order valence-electron chi connectivity index (χ4n) is 8.75. The van der Waals surface area contributed by atoms with E-state index >= 15 is 0 Å².